The smallest absolute Gasteiger partial charge is 0.223 e. The molecule has 1 N–H and O–H groups in total. The fourth-order valence-corrected chi connectivity index (χ4v) is 3.75. The maximum atomic E-state index is 13.0. The number of benzene rings is 1. The van der Waals surface area contributed by atoms with E-state index < -0.39 is 0 Å². The summed E-state index contributed by atoms with van der Waals surface area (Å²) < 4.78 is 13.0. The Balaban J connectivity index is 1.50. The number of nitrogens with one attached hydrogen (secondary N) is 1. The fraction of sp³-hybridized carbons (Fsp3) is 0.444. The zero-order valence-electron chi connectivity index (χ0n) is 14.4. The van der Waals surface area contributed by atoms with Crippen molar-refractivity contribution in [3.8, 4) is 0 Å². The molecule has 1 amide bonds. The van der Waals surface area contributed by atoms with Gasteiger partial charge in [-0.15, -0.1) is 11.3 Å². The largest absolute Gasteiger partial charge is 0.302 e. The molecule has 1 aromatic heterocycles. The zero-order valence-corrected chi connectivity index (χ0v) is 15.2. The molecule has 5 nitrogen and oxygen atoms in total. The summed E-state index contributed by atoms with van der Waals surface area (Å²) in [5.74, 6) is -0.278. The zero-order chi connectivity index (χ0) is 17.6. The van der Waals surface area contributed by atoms with Gasteiger partial charge in [-0.05, 0) is 37.2 Å². The molecule has 3 rings (SSSR count). The van der Waals surface area contributed by atoms with Crippen LogP contribution in [0.2, 0.25) is 0 Å². The second-order valence-electron chi connectivity index (χ2n) is 6.36. The van der Waals surface area contributed by atoms with Crippen molar-refractivity contribution in [3.63, 3.8) is 0 Å². The van der Waals surface area contributed by atoms with E-state index in [9.17, 15) is 9.18 Å². The lowest BCUT2D eigenvalue weighted by atomic mass is 10.2. The van der Waals surface area contributed by atoms with E-state index in [1.165, 1.54) is 30.4 Å². The number of nitrogens with zero attached hydrogens (tertiary/aromatic N) is 3. The quantitative estimate of drug-likeness (QED) is 0.888. The molecule has 2 heterocycles. The number of aromatic nitrogens is 1. The molecule has 2 aromatic rings. The molecule has 0 unspecified atom stereocenters. The molecule has 1 aromatic carbocycles. The summed E-state index contributed by atoms with van der Waals surface area (Å²) in [5, 5.41) is 5.40. The third-order valence-electron chi connectivity index (χ3n) is 4.22. The number of hydrogen-bond donors (Lipinski definition) is 1. The van der Waals surface area contributed by atoms with Crippen LogP contribution < -0.4 is 5.32 Å². The summed E-state index contributed by atoms with van der Waals surface area (Å²) >= 11 is 1.46. The summed E-state index contributed by atoms with van der Waals surface area (Å²) in [6.07, 6.45) is 1.10. The van der Waals surface area contributed by atoms with Gasteiger partial charge in [-0.1, -0.05) is 12.1 Å². The molecule has 134 valence electrons. The molecular formula is C18H23FN4OS. The van der Waals surface area contributed by atoms with Crippen molar-refractivity contribution in [1.29, 1.82) is 0 Å². The van der Waals surface area contributed by atoms with Crippen molar-refractivity contribution < 1.29 is 9.18 Å². The number of carbonyl (C=O) groups is 1. The molecule has 0 bridgehead atoms. The monoisotopic (exact) mass is 362 g/mol. The minimum absolute atomic E-state index is 0.0906. The van der Waals surface area contributed by atoms with Gasteiger partial charge in [0.25, 0.3) is 0 Å². The maximum absolute atomic E-state index is 13.0. The molecule has 1 aliphatic rings. The van der Waals surface area contributed by atoms with E-state index in [2.05, 4.69) is 20.1 Å². The molecular weight excluding hydrogens is 339 g/mol. The Morgan fingerprint density at radius 2 is 1.84 bits per heavy atom. The first-order valence-electron chi connectivity index (χ1n) is 8.49. The van der Waals surface area contributed by atoms with Gasteiger partial charge in [0.15, 0.2) is 5.13 Å². The van der Waals surface area contributed by atoms with Crippen LogP contribution in [0.3, 0.4) is 0 Å². The lowest BCUT2D eigenvalue weighted by Crippen LogP contribution is -2.30. The summed E-state index contributed by atoms with van der Waals surface area (Å²) in [6, 6.07) is 6.76. The Hall–Kier alpha value is -1.83. The maximum Gasteiger partial charge on any atom is 0.223 e. The highest BCUT2D eigenvalue weighted by molar-refractivity contribution is 7.13. The summed E-state index contributed by atoms with van der Waals surface area (Å²) in [5.41, 5.74) is 2.15. The van der Waals surface area contributed by atoms with Crippen molar-refractivity contribution in [2.75, 3.05) is 31.5 Å². The van der Waals surface area contributed by atoms with Crippen LogP contribution in [0, 0.1) is 5.82 Å². The molecule has 0 radical (unpaired) electrons. The Morgan fingerprint density at radius 1 is 1.16 bits per heavy atom. The number of rotatable bonds is 5. The number of hydrogen-bond acceptors (Lipinski definition) is 5. The standard InChI is InChI=1S/C18H23FN4OS/c1-14(24)20-18-21-17(13-25-18)12-23-8-2-7-22(9-10-23)11-15-3-5-16(19)6-4-15/h3-6,13H,2,7-12H2,1H3,(H,20,21,24). The number of carbonyl (C=O) groups excluding carboxylic acids is 1. The van der Waals surface area contributed by atoms with Crippen molar-refractivity contribution >= 4 is 22.4 Å². The molecule has 1 fully saturated rings. The van der Waals surface area contributed by atoms with E-state index >= 15 is 0 Å². The van der Waals surface area contributed by atoms with Gasteiger partial charge in [0.1, 0.15) is 5.82 Å². The SMILES string of the molecule is CC(=O)Nc1nc(CN2CCCN(Cc3ccc(F)cc3)CC2)cs1. The van der Waals surface area contributed by atoms with Crippen molar-refractivity contribution in [2.24, 2.45) is 0 Å². The highest BCUT2D eigenvalue weighted by atomic mass is 32.1. The van der Waals surface area contributed by atoms with E-state index in [-0.39, 0.29) is 11.7 Å². The fourth-order valence-electron chi connectivity index (χ4n) is 3.01. The van der Waals surface area contributed by atoms with Gasteiger partial charge in [0.05, 0.1) is 5.69 Å². The minimum Gasteiger partial charge on any atom is -0.302 e. The second kappa shape index (κ2) is 8.51. The first-order chi connectivity index (χ1) is 12.1. The van der Waals surface area contributed by atoms with E-state index in [1.54, 1.807) is 0 Å². The van der Waals surface area contributed by atoms with Crippen LogP contribution in [-0.4, -0.2) is 46.9 Å². The average Bonchev–Trinajstić information content (AvgIpc) is 2.87. The van der Waals surface area contributed by atoms with E-state index in [0.717, 1.165) is 56.9 Å². The minimum atomic E-state index is -0.187. The number of halogens is 1. The second-order valence-corrected chi connectivity index (χ2v) is 7.22. The van der Waals surface area contributed by atoms with Gasteiger partial charge < -0.3 is 5.32 Å². The Labute approximate surface area is 151 Å². The topological polar surface area (TPSA) is 48.5 Å². The van der Waals surface area contributed by atoms with Gasteiger partial charge in [-0.25, -0.2) is 9.37 Å². The van der Waals surface area contributed by atoms with Crippen LogP contribution in [0.1, 0.15) is 24.6 Å². The summed E-state index contributed by atoms with van der Waals surface area (Å²) in [7, 11) is 0. The van der Waals surface area contributed by atoms with Crippen LogP contribution >= 0.6 is 11.3 Å². The van der Waals surface area contributed by atoms with Crippen molar-refractivity contribution in [2.45, 2.75) is 26.4 Å². The van der Waals surface area contributed by atoms with Gasteiger partial charge in [-0.3, -0.25) is 14.6 Å². The van der Waals surface area contributed by atoms with Gasteiger partial charge in [0, 0.05) is 38.5 Å². The predicted molar refractivity (Wildman–Crippen MR) is 98.0 cm³/mol. The van der Waals surface area contributed by atoms with Crippen LogP contribution in [0.25, 0.3) is 0 Å². The normalized spacial score (nSPS) is 16.6. The number of amides is 1. The van der Waals surface area contributed by atoms with Crippen LogP contribution in [0.15, 0.2) is 29.6 Å². The highest BCUT2D eigenvalue weighted by Crippen LogP contribution is 2.18. The van der Waals surface area contributed by atoms with Crippen LogP contribution in [0.4, 0.5) is 9.52 Å². The molecule has 0 spiro atoms. The lowest BCUT2D eigenvalue weighted by molar-refractivity contribution is -0.114. The molecule has 0 aliphatic carbocycles. The highest BCUT2D eigenvalue weighted by Gasteiger charge is 2.16. The van der Waals surface area contributed by atoms with Crippen molar-refractivity contribution in [1.82, 2.24) is 14.8 Å². The number of anilines is 1. The lowest BCUT2D eigenvalue weighted by Gasteiger charge is -2.21. The summed E-state index contributed by atoms with van der Waals surface area (Å²) in [4.78, 5) is 20.4. The first kappa shape index (κ1) is 18.0. The van der Waals surface area contributed by atoms with E-state index in [1.807, 2.05) is 17.5 Å². The van der Waals surface area contributed by atoms with Crippen LogP contribution in [0.5, 0.6) is 0 Å². The van der Waals surface area contributed by atoms with Gasteiger partial charge in [-0.2, -0.15) is 0 Å². The Kier molecular flexibility index (Phi) is 6.12. The summed E-state index contributed by atoms with van der Waals surface area (Å²) in [6.45, 7) is 7.20. The van der Waals surface area contributed by atoms with Gasteiger partial charge >= 0.3 is 0 Å². The first-order valence-corrected chi connectivity index (χ1v) is 9.37. The molecule has 7 heteroatoms. The van der Waals surface area contributed by atoms with E-state index in [4.69, 9.17) is 0 Å². The molecule has 1 aliphatic heterocycles. The molecule has 0 saturated carbocycles. The third kappa shape index (κ3) is 5.59. The third-order valence-corrected chi connectivity index (χ3v) is 5.03. The molecule has 0 atom stereocenters. The average molecular weight is 362 g/mol. The molecule has 25 heavy (non-hydrogen) atoms. The van der Waals surface area contributed by atoms with Crippen molar-refractivity contribution in [3.05, 3.63) is 46.7 Å². The number of thiazole rings is 1. The van der Waals surface area contributed by atoms with Crippen LogP contribution in [-0.2, 0) is 17.9 Å². The Morgan fingerprint density at radius 3 is 2.52 bits per heavy atom. The molecule has 1 saturated heterocycles. The van der Waals surface area contributed by atoms with Gasteiger partial charge in [0.2, 0.25) is 5.91 Å². The Bertz CT molecular complexity index is 703. The predicted octanol–water partition coefficient (Wildman–Crippen LogP) is 2.95. The van der Waals surface area contributed by atoms with E-state index in [0.29, 0.717) is 5.13 Å².